The summed E-state index contributed by atoms with van der Waals surface area (Å²) in [5.41, 5.74) is 15.5. The van der Waals surface area contributed by atoms with E-state index in [1.54, 1.807) is 0 Å². The van der Waals surface area contributed by atoms with Crippen LogP contribution in [0.1, 0.15) is 0 Å². The van der Waals surface area contributed by atoms with Crippen molar-refractivity contribution in [3.05, 3.63) is 285 Å². The number of hydrogen-bond acceptors (Lipinski definition) is 5. The maximum atomic E-state index is 5.62. The summed E-state index contributed by atoms with van der Waals surface area (Å²) >= 11 is 0. The first kappa shape index (κ1) is 44.3. The zero-order chi connectivity index (χ0) is 50.4. The quantitative estimate of drug-likeness (QED) is 0.129. The molecule has 11 aromatic carbocycles. The number of aromatic nitrogens is 5. The summed E-state index contributed by atoms with van der Waals surface area (Å²) in [6, 6.07) is 100. The lowest BCUT2D eigenvalue weighted by atomic mass is 9.90. The number of benzene rings is 11. The van der Waals surface area contributed by atoms with Gasteiger partial charge >= 0.3 is 0 Å². The molecule has 0 spiro atoms. The molecule has 0 radical (unpaired) electrons. The van der Waals surface area contributed by atoms with Gasteiger partial charge in [-0.15, -0.1) is 0 Å². The predicted molar refractivity (Wildman–Crippen MR) is 314 cm³/mol. The minimum absolute atomic E-state index is 0.507. The minimum Gasteiger partial charge on any atom is -0.310 e. The number of rotatable bonds is 11. The summed E-state index contributed by atoms with van der Waals surface area (Å²) in [6.45, 7) is 0. The standard InChI is InChI=1S/C69H47N7/c1-7-24-48(25-8-1)56-38-23-39-59(66(56)49-26-9-2-10-27-49)67-70-68(75-62-40-21-19-36-57(62)60-46-54(42-44-64(60)75)73(50-28-11-3-12-29-50)51-30-13-4-14-31-51)72-69(71-67)76-63-41-22-20-37-58(63)61-47-55(43-45-65(61)76)74(52-32-15-5-16-33-52)53-34-17-6-18-35-53/h1-47H. The third-order valence-corrected chi connectivity index (χ3v) is 14.4. The Morgan fingerprint density at radius 2 is 0.605 bits per heavy atom. The topological polar surface area (TPSA) is 55.0 Å². The molecule has 3 heterocycles. The van der Waals surface area contributed by atoms with Crippen molar-refractivity contribution < 1.29 is 0 Å². The molecule has 76 heavy (non-hydrogen) atoms. The molecule has 0 aliphatic carbocycles. The van der Waals surface area contributed by atoms with Crippen LogP contribution < -0.4 is 9.80 Å². The summed E-state index contributed by atoms with van der Waals surface area (Å²) in [5.74, 6) is 1.57. The maximum absolute atomic E-state index is 5.62. The van der Waals surface area contributed by atoms with E-state index in [1.807, 2.05) is 0 Å². The second kappa shape index (κ2) is 18.9. The number of hydrogen-bond donors (Lipinski definition) is 0. The minimum atomic E-state index is 0.507. The summed E-state index contributed by atoms with van der Waals surface area (Å²) in [6.07, 6.45) is 0. The van der Waals surface area contributed by atoms with Crippen LogP contribution >= 0.6 is 0 Å². The third kappa shape index (κ3) is 7.74. The van der Waals surface area contributed by atoms with E-state index < -0.39 is 0 Å². The van der Waals surface area contributed by atoms with E-state index in [4.69, 9.17) is 15.0 Å². The molecule has 0 aliphatic heterocycles. The van der Waals surface area contributed by atoms with Gasteiger partial charge < -0.3 is 9.80 Å². The van der Waals surface area contributed by atoms with Crippen molar-refractivity contribution in [1.82, 2.24) is 24.1 Å². The van der Waals surface area contributed by atoms with Crippen LogP contribution in [0.25, 0.3) is 89.2 Å². The van der Waals surface area contributed by atoms with Gasteiger partial charge in [-0.1, -0.05) is 188 Å². The zero-order valence-electron chi connectivity index (χ0n) is 41.3. The van der Waals surface area contributed by atoms with Gasteiger partial charge in [0.2, 0.25) is 11.9 Å². The maximum Gasteiger partial charge on any atom is 0.240 e. The zero-order valence-corrected chi connectivity index (χ0v) is 41.3. The van der Waals surface area contributed by atoms with Crippen LogP contribution in [0, 0.1) is 0 Å². The fourth-order valence-corrected chi connectivity index (χ4v) is 11.0. The fraction of sp³-hybridized carbons (Fsp3) is 0. The molecule has 14 aromatic rings. The van der Waals surface area contributed by atoms with Gasteiger partial charge in [0.15, 0.2) is 5.82 Å². The molecule has 0 saturated carbocycles. The normalized spacial score (nSPS) is 11.4. The average Bonchev–Trinajstić information content (AvgIpc) is 4.01. The van der Waals surface area contributed by atoms with Gasteiger partial charge in [-0.05, 0) is 114 Å². The Kier molecular flexibility index (Phi) is 11.0. The molecule has 7 nitrogen and oxygen atoms in total. The van der Waals surface area contributed by atoms with Crippen LogP contribution in [0.5, 0.6) is 0 Å². The first-order valence-corrected chi connectivity index (χ1v) is 25.6. The Morgan fingerprint density at radius 3 is 1.04 bits per heavy atom. The molecule has 0 saturated heterocycles. The highest BCUT2D eigenvalue weighted by Gasteiger charge is 2.25. The van der Waals surface area contributed by atoms with Crippen LogP contribution in [0.2, 0.25) is 0 Å². The summed E-state index contributed by atoms with van der Waals surface area (Å²) in [4.78, 5) is 21.4. The molecule has 0 N–H and O–H groups in total. The molecule has 0 fully saturated rings. The van der Waals surface area contributed by atoms with E-state index in [-0.39, 0.29) is 0 Å². The molecular weight excluding hydrogens is 927 g/mol. The second-order valence-electron chi connectivity index (χ2n) is 18.8. The van der Waals surface area contributed by atoms with E-state index in [0.717, 1.165) is 106 Å². The highest BCUT2D eigenvalue weighted by Crippen LogP contribution is 2.44. The van der Waals surface area contributed by atoms with Gasteiger partial charge in [-0.2, -0.15) is 15.0 Å². The summed E-state index contributed by atoms with van der Waals surface area (Å²) in [7, 11) is 0. The molecular formula is C69H47N7. The Bertz CT molecular complexity index is 4090. The summed E-state index contributed by atoms with van der Waals surface area (Å²) in [5, 5.41) is 4.34. The number of anilines is 6. The van der Waals surface area contributed by atoms with Gasteiger partial charge in [-0.3, -0.25) is 9.13 Å². The van der Waals surface area contributed by atoms with E-state index in [1.165, 1.54) is 0 Å². The first-order valence-electron chi connectivity index (χ1n) is 25.6. The van der Waals surface area contributed by atoms with Crippen molar-refractivity contribution in [2.24, 2.45) is 0 Å². The van der Waals surface area contributed by atoms with E-state index in [9.17, 15) is 0 Å². The van der Waals surface area contributed by atoms with E-state index in [2.05, 4.69) is 304 Å². The lowest BCUT2D eigenvalue weighted by Gasteiger charge is -2.25. The number of fused-ring (bicyclic) bond motifs is 6. The van der Waals surface area contributed by atoms with Crippen LogP contribution in [0.3, 0.4) is 0 Å². The first-order chi connectivity index (χ1) is 37.7. The molecule has 0 atom stereocenters. The van der Waals surface area contributed by atoms with Gasteiger partial charge in [0.25, 0.3) is 0 Å². The Balaban J connectivity index is 1.04. The van der Waals surface area contributed by atoms with E-state index >= 15 is 0 Å². The molecule has 7 heteroatoms. The smallest absolute Gasteiger partial charge is 0.240 e. The van der Waals surface area contributed by atoms with Gasteiger partial charge in [0.05, 0.1) is 22.1 Å². The Labute approximate surface area is 440 Å². The Hall–Kier alpha value is -10.4. The van der Waals surface area contributed by atoms with Crippen molar-refractivity contribution in [2.75, 3.05) is 9.80 Å². The van der Waals surface area contributed by atoms with Crippen LogP contribution in [0.4, 0.5) is 34.1 Å². The van der Waals surface area contributed by atoms with E-state index in [0.29, 0.717) is 17.7 Å². The van der Waals surface area contributed by atoms with Crippen molar-refractivity contribution >= 4 is 77.7 Å². The molecule has 0 bridgehead atoms. The molecule has 0 unspecified atom stereocenters. The second-order valence-corrected chi connectivity index (χ2v) is 18.8. The number of para-hydroxylation sites is 6. The molecule has 14 rings (SSSR count). The van der Waals surface area contributed by atoms with Crippen molar-refractivity contribution in [3.8, 4) is 45.5 Å². The number of nitrogens with zero attached hydrogens (tertiary/aromatic N) is 7. The van der Waals surface area contributed by atoms with Crippen LogP contribution in [-0.2, 0) is 0 Å². The lowest BCUT2D eigenvalue weighted by Crippen LogP contribution is -2.11. The predicted octanol–water partition coefficient (Wildman–Crippen LogP) is 18.0. The largest absolute Gasteiger partial charge is 0.310 e. The summed E-state index contributed by atoms with van der Waals surface area (Å²) < 4.78 is 4.43. The fourth-order valence-electron chi connectivity index (χ4n) is 11.0. The van der Waals surface area contributed by atoms with Gasteiger partial charge in [0, 0.05) is 66.8 Å². The van der Waals surface area contributed by atoms with Gasteiger partial charge in [-0.25, -0.2) is 0 Å². The van der Waals surface area contributed by atoms with Crippen molar-refractivity contribution in [1.29, 1.82) is 0 Å². The SMILES string of the molecule is c1ccc(-c2cccc(-c3nc(-n4c5ccccc5c5cc(N(c6ccccc6)c6ccccc6)ccc54)nc(-n4c5ccccc5c5cc(N(c6ccccc6)c6ccccc6)ccc54)n3)c2-c2ccccc2)cc1. The Morgan fingerprint density at radius 1 is 0.250 bits per heavy atom. The molecule has 0 aliphatic rings. The highest BCUT2D eigenvalue weighted by atomic mass is 15.3. The lowest BCUT2D eigenvalue weighted by molar-refractivity contribution is 0.893. The third-order valence-electron chi connectivity index (χ3n) is 14.4. The van der Waals surface area contributed by atoms with Crippen LogP contribution in [-0.4, -0.2) is 24.1 Å². The molecule has 3 aromatic heterocycles. The highest BCUT2D eigenvalue weighted by molar-refractivity contribution is 6.12. The van der Waals surface area contributed by atoms with Crippen LogP contribution in [0.15, 0.2) is 285 Å². The monoisotopic (exact) mass is 973 g/mol. The van der Waals surface area contributed by atoms with Gasteiger partial charge in [0.1, 0.15) is 0 Å². The van der Waals surface area contributed by atoms with Crippen molar-refractivity contribution in [2.45, 2.75) is 0 Å². The molecule has 358 valence electrons. The van der Waals surface area contributed by atoms with Crippen molar-refractivity contribution in [3.63, 3.8) is 0 Å². The average molecular weight is 974 g/mol. The molecule has 0 amide bonds.